The first-order valence-electron chi connectivity index (χ1n) is 6.27. The summed E-state index contributed by atoms with van der Waals surface area (Å²) in [7, 11) is 0. The lowest BCUT2D eigenvalue weighted by atomic mass is 10.2. The molecule has 0 aliphatic carbocycles. The number of carbonyl (C=O) groups is 2. The number of imide groups is 1. The van der Waals surface area contributed by atoms with E-state index >= 15 is 0 Å². The van der Waals surface area contributed by atoms with Crippen molar-refractivity contribution in [3.63, 3.8) is 0 Å². The van der Waals surface area contributed by atoms with Gasteiger partial charge < -0.3 is 10.1 Å². The molecule has 0 unspecified atom stereocenters. The van der Waals surface area contributed by atoms with Gasteiger partial charge in [-0.25, -0.2) is 4.79 Å². The van der Waals surface area contributed by atoms with E-state index in [0.29, 0.717) is 5.56 Å². The van der Waals surface area contributed by atoms with Crippen molar-refractivity contribution in [1.82, 2.24) is 10.6 Å². The lowest BCUT2D eigenvalue weighted by molar-refractivity contribution is -0.385. The molecule has 0 atom stereocenters. The predicted molar refractivity (Wildman–Crippen MR) is 75.1 cm³/mol. The number of nitro groups is 1. The van der Waals surface area contributed by atoms with E-state index in [0.717, 1.165) is 0 Å². The number of nitrogens with one attached hydrogen (secondary N) is 2. The van der Waals surface area contributed by atoms with Crippen molar-refractivity contribution < 1.29 is 19.2 Å². The molecule has 0 saturated carbocycles. The van der Waals surface area contributed by atoms with Crippen molar-refractivity contribution >= 4 is 17.6 Å². The van der Waals surface area contributed by atoms with Gasteiger partial charge in [-0.05, 0) is 32.4 Å². The van der Waals surface area contributed by atoms with Crippen molar-refractivity contribution in [3.8, 4) is 5.75 Å². The van der Waals surface area contributed by atoms with Crippen molar-refractivity contribution in [2.45, 2.75) is 26.8 Å². The summed E-state index contributed by atoms with van der Waals surface area (Å²) in [5.74, 6) is -0.715. The molecule has 0 bridgehead atoms. The molecule has 1 aromatic rings. The van der Waals surface area contributed by atoms with Gasteiger partial charge in [-0.3, -0.25) is 20.2 Å². The second kappa shape index (κ2) is 7.22. The number of urea groups is 1. The van der Waals surface area contributed by atoms with Gasteiger partial charge in [0.15, 0.2) is 12.4 Å². The van der Waals surface area contributed by atoms with Gasteiger partial charge in [0.25, 0.3) is 5.91 Å². The maximum atomic E-state index is 11.5. The van der Waals surface area contributed by atoms with E-state index < -0.39 is 23.5 Å². The molecule has 1 rings (SSSR count). The summed E-state index contributed by atoms with van der Waals surface area (Å²) < 4.78 is 5.09. The molecule has 0 aliphatic heterocycles. The normalized spacial score (nSPS) is 10.1. The highest BCUT2D eigenvalue weighted by Crippen LogP contribution is 2.27. The second-order valence-electron chi connectivity index (χ2n) is 4.69. The van der Waals surface area contributed by atoms with Gasteiger partial charge in [-0.1, -0.05) is 6.07 Å². The Balaban J connectivity index is 2.61. The summed E-state index contributed by atoms with van der Waals surface area (Å²) in [5.41, 5.74) is 0.476. The second-order valence-corrected chi connectivity index (χ2v) is 4.69. The molecule has 1 aromatic carbocycles. The Bertz CT molecular complexity index is 557. The van der Waals surface area contributed by atoms with E-state index in [2.05, 4.69) is 10.6 Å². The van der Waals surface area contributed by atoms with Gasteiger partial charge in [-0.15, -0.1) is 0 Å². The van der Waals surface area contributed by atoms with Crippen LogP contribution in [-0.2, 0) is 4.79 Å². The quantitative estimate of drug-likeness (QED) is 0.632. The first-order valence-corrected chi connectivity index (χ1v) is 6.27. The average Bonchev–Trinajstić information content (AvgIpc) is 2.35. The number of hydrogen-bond donors (Lipinski definition) is 2. The number of carbonyl (C=O) groups excluding carboxylic acids is 2. The molecule has 114 valence electrons. The molecule has 0 radical (unpaired) electrons. The molecule has 8 nitrogen and oxygen atoms in total. The summed E-state index contributed by atoms with van der Waals surface area (Å²) in [6.45, 7) is 4.71. The Morgan fingerprint density at radius 2 is 2.05 bits per heavy atom. The van der Waals surface area contributed by atoms with Gasteiger partial charge in [0, 0.05) is 12.1 Å². The fourth-order valence-corrected chi connectivity index (χ4v) is 1.50. The van der Waals surface area contributed by atoms with Crippen LogP contribution >= 0.6 is 0 Å². The van der Waals surface area contributed by atoms with Crippen LogP contribution in [0.2, 0.25) is 0 Å². The summed E-state index contributed by atoms with van der Waals surface area (Å²) in [5, 5.41) is 15.4. The third-order valence-electron chi connectivity index (χ3n) is 2.34. The van der Waals surface area contributed by atoms with Gasteiger partial charge in [0.05, 0.1) is 4.92 Å². The molecule has 0 saturated heterocycles. The highest BCUT2D eigenvalue weighted by molar-refractivity contribution is 5.95. The minimum absolute atomic E-state index is 0.0231. The molecule has 0 spiro atoms. The molecule has 0 fully saturated rings. The topological polar surface area (TPSA) is 111 Å². The molecule has 2 N–H and O–H groups in total. The fraction of sp³-hybridized carbons (Fsp3) is 0.385. The van der Waals surface area contributed by atoms with Crippen LogP contribution in [0.3, 0.4) is 0 Å². The van der Waals surface area contributed by atoms with E-state index in [1.807, 2.05) is 0 Å². The van der Waals surface area contributed by atoms with Crippen molar-refractivity contribution in [1.29, 1.82) is 0 Å². The molecule has 0 heterocycles. The number of aryl methyl sites for hydroxylation is 1. The Kier molecular flexibility index (Phi) is 5.65. The average molecular weight is 295 g/mol. The molecule has 0 aromatic heterocycles. The molecule has 3 amide bonds. The molecular formula is C13H17N3O5. The number of hydrogen-bond acceptors (Lipinski definition) is 5. The van der Waals surface area contributed by atoms with Gasteiger partial charge in [0.2, 0.25) is 0 Å². The number of amides is 3. The maximum Gasteiger partial charge on any atom is 0.321 e. The van der Waals surface area contributed by atoms with Gasteiger partial charge in [-0.2, -0.15) is 0 Å². The summed E-state index contributed by atoms with van der Waals surface area (Å²) in [6, 6.07) is 3.63. The van der Waals surface area contributed by atoms with Crippen LogP contribution in [0.4, 0.5) is 10.5 Å². The standard InChI is InChI=1S/C13H17N3O5/c1-8(2)14-13(18)15-12(17)7-21-11-5-4-9(3)6-10(11)16(19)20/h4-6,8H,7H2,1-3H3,(H2,14,15,17,18). The Morgan fingerprint density at radius 3 is 2.62 bits per heavy atom. The smallest absolute Gasteiger partial charge is 0.321 e. The van der Waals surface area contributed by atoms with Gasteiger partial charge >= 0.3 is 11.7 Å². The minimum Gasteiger partial charge on any atom is -0.477 e. The zero-order chi connectivity index (χ0) is 16.0. The number of nitrogens with zero attached hydrogens (tertiary/aromatic N) is 1. The third-order valence-corrected chi connectivity index (χ3v) is 2.34. The van der Waals surface area contributed by atoms with Crippen LogP contribution in [0, 0.1) is 17.0 Å². The SMILES string of the molecule is Cc1ccc(OCC(=O)NC(=O)NC(C)C)c([N+](=O)[O-])c1. The number of nitro benzene ring substituents is 1. The molecule has 8 heteroatoms. The number of rotatable bonds is 5. The summed E-state index contributed by atoms with van der Waals surface area (Å²) >= 11 is 0. The maximum absolute atomic E-state index is 11.5. The third kappa shape index (κ3) is 5.47. The van der Waals surface area contributed by atoms with Crippen LogP contribution < -0.4 is 15.4 Å². The lowest BCUT2D eigenvalue weighted by Crippen LogP contribution is -2.44. The first kappa shape index (κ1) is 16.4. The van der Waals surface area contributed by atoms with Crippen molar-refractivity contribution in [3.05, 3.63) is 33.9 Å². The van der Waals surface area contributed by atoms with Crippen molar-refractivity contribution in [2.75, 3.05) is 6.61 Å². The van der Waals surface area contributed by atoms with E-state index in [-0.39, 0.29) is 17.5 Å². The van der Waals surface area contributed by atoms with E-state index in [1.165, 1.54) is 12.1 Å². The monoisotopic (exact) mass is 295 g/mol. The summed E-state index contributed by atoms with van der Waals surface area (Å²) in [6.07, 6.45) is 0. The molecular weight excluding hydrogens is 278 g/mol. The number of benzene rings is 1. The van der Waals surface area contributed by atoms with Crippen LogP contribution in [0.15, 0.2) is 18.2 Å². The zero-order valence-electron chi connectivity index (χ0n) is 12.0. The van der Waals surface area contributed by atoms with E-state index in [9.17, 15) is 19.7 Å². The Morgan fingerprint density at radius 1 is 1.38 bits per heavy atom. The number of ether oxygens (including phenoxy) is 1. The Labute approximate surface area is 121 Å². The Hall–Kier alpha value is -2.64. The van der Waals surface area contributed by atoms with Crippen LogP contribution in [0.5, 0.6) is 5.75 Å². The molecule has 21 heavy (non-hydrogen) atoms. The highest BCUT2D eigenvalue weighted by atomic mass is 16.6. The van der Waals surface area contributed by atoms with Crippen molar-refractivity contribution in [2.24, 2.45) is 0 Å². The first-order chi connectivity index (χ1) is 9.79. The molecule has 0 aliphatic rings. The van der Waals surface area contributed by atoms with Crippen LogP contribution in [-0.4, -0.2) is 29.5 Å². The lowest BCUT2D eigenvalue weighted by Gasteiger charge is -2.10. The minimum atomic E-state index is -0.692. The van der Waals surface area contributed by atoms with Crippen LogP contribution in [0.25, 0.3) is 0 Å². The van der Waals surface area contributed by atoms with E-state index in [4.69, 9.17) is 4.74 Å². The van der Waals surface area contributed by atoms with Gasteiger partial charge in [0.1, 0.15) is 0 Å². The fourth-order valence-electron chi connectivity index (χ4n) is 1.50. The largest absolute Gasteiger partial charge is 0.477 e. The zero-order valence-corrected chi connectivity index (χ0v) is 12.0. The van der Waals surface area contributed by atoms with Crippen LogP contribution in [0.1, 0.15) is 19.4 Å². The highest BCUT2D eigenvalue weighted by Gasteiger charge is 2.17. The van der Waals surface area contributed by atoms with E-state index in [1.54, 1.807) is 26.8 Å². The predicted octanol–water partition coefficient (Wildman–Crippen LogP) is 1.52. The summed E-state index contributed by atoms with van der Waals surface area (Å²) in [4.78, 5) is 33.1.